The van der Waals surface area contributed by atoms with Crippen LogP contribution < -0.4 is 11.1 Å². The van der Waals surface area contributed by atoms with Gasteiger partial charge in [-0.1, -0.05) is 0 Å². The van der Waals surface area contributed by atoms with Crippen molar-refractivity contribution in [3.8, 4) is 0 Å². The van der Waals surface area contributed by atoms with Gasteiger partial charge in [0.15, 0.2) is 5.78 Å². The monoisotopic (exact) mass is 271 g/mol. The zero-order chi connectivity index (χ0) is 14.7. The van der Waals surface area contributed by atoms with Crippen molar-refractivity contribution in [2.45, 2.75) is 6.92 Å². The highest BCUT2D eigenvalue weighted by Crippen LogP contribution is 2.12. The molecule has 2 amide bonds. The summed E-state index contributed by atoms with van der Waals surface area (Å²) in [5, 5.41) is 2.64. The Hall–Kier alpha value is -2.89. The van der Waals surface area contributed by atoms with Crippen LogP contribution in [-0.2, 0) is 0 Å². The molecule has 20 heavy (non-hydrogen) atoms. The molecule has 0 saturated carbocycles. The molecule has 0 spiro atoms. The minimum atomic E-state index is -0.529. The molecule has 0 aliphatic rings. The Kier molecular flexibility index (Phi) is 3.65. The quantitative estimate of drug-likeness (QED) is 0.735. The highest BCUT2D eigenvalue weighted by Gasteiger charge is 2.11. The summed E-state index contributed by atoms with van der Waals surface area (Å²) >= 11 is 0. The van der Waals surface area contributed by atoms with Gasteiger partial charge in [0.25, 0.3) is 5.91 Å². The molecule has 0 radical (unpaired) electrons. The van der Waals surface area contributed by atoms with Crippen LogP contribution in [0.1, 0.15) is 38.1 Å². The summed E-state index contributed by atoms with van der Waals surface area (Å²) in [5.74, 6) is -1.02. The smallest absolute Gasteiger partial charge is 0.272 e. The number of nitrogens with one attached hydrogen (secondary N) is 2. The van der Waals surface area contributed by atoms with E-state index in [2.05, 4.69) is 10.3 Å². The third-order valence-electron chi connectivity index (χ3n) is 2.76. The molecule has 2 rings (SSSR count). The first-order valence-corrected chi connectivity index (χ1v) is 5.88. The Bertz CT molecular complexity index is 671. The van der Waals surface area contributed by atoms with Crippen LogP contribution in [-0.4, -0.2) is 22.6 Å². The zero-order valence-corrected chi connectivity index (χ0v) is 10.8. The van der Waals surface area contributed by atoms with Crippen molar-refractivity contribution < 1.29 is 14.4 Å². The lowest BCUT2D eigenvalue weighted by Gasteiger charge is -2.04. The van der Waals surface area contributed by atoms with Gasteiger partial charge in [-0.05, 0) is 37.3 Å². The van der Waals surface area contributed by atoms with E-state index >= 15 is 0 Å². The largest absolute Gasteiger partial charge is 0.366 e. The van der Waals surface area contributed by atoms with Gasteiger partial charge in [-0.3, -0.25) is 14.4 Å². The van der Waals surface area contributed by atoms with E-state index in [1.54, 1.807) is 12.1 Å². The highest BCUT2D eigenvalue weighted by atomic mass is 16.2. The maximum Gasteiger partial charge on any atom is 0.272 e. The van der Waals surface area contributed by atoms with Crippen molar-refractivity contribution in [1.82, 2.24) is 4.98 Å². The van der Waals surface area contributed by atoms with Crippen LogP contribution in [0.4, 0.5) is 5.69 Å². The third kappa shape index (κ3) is 2.92. The minimum Gasteiger partial charge on any atom is -0.366 e. The number of hydrogen-bond acceptors (Lipinski definition) is 3. The first-order chi connectivity index (χ1) is 9.47. The number of rotatable bonds is 4. The van der Waals surface area contributed by atoms with E-state index in [-0.39, 0.29) is 17.4 Å². The zero-order valence-electron chi connectivity index (χ0n) is 10.8. The van der Waals surface area contributed by atoms with Crippen LogP contribution in [0.25, 0.3) is 0 Å². The predicted molar refractivity (Wildman–Crippen MR) is 73.7 cm³/mol. The number of ketones is 1. The lowest BCUT2D eigenvalue weighted by molar-refractivity contribution is 0.0995. The number of aromatic nitrogens is 1. The average Bonchev–Trinajstić information content (AvgIpc) is 2.89. The Morgan fingerprint density at radius 3 is 2.25 bits per heavy atom. The van der Waals surface area contributed by atoms with Gasteiger partial charge in [0.1, 0.15) is 5.69 Å². The van der Waals surface area contributed by atoms with Gasteiger partial charge in [0.2, 0.25) is 5.91 Å². The van der Waals surface area contributed by atoms with Gasteiger partial charge >= 0.3 is 0 Å². The molecular formula is C14H13N3O3. The lowest BCUT2D eigenvalue weighted by Crippen LogP contribution is -2.13. The Balaban J connectivity index is 2.10. The number of aromatic amines is 1. The second-order valence-corrected chi connectivity index (χ2v) is 4.25. The van der Waals surface area contributed by atoms with E-state index in [0.29, 0.717) is 16.8 Å². The standard InChI is InChI=1S/C14H13N3O3/c1-8(18)10-6-12(16-7-10)14(20)17-11-4-2-9(3-5-11)13(15)19/h2-7,16H,1H3,(H2,15,19)(H,17,20). The van der Waals surface area contributed by atoms with Crippen molar-refractivity contribution in [2.75, 3.05) is 5.32 Å². The molecule has 1 heterocycles. The highest BCUT2D eigenvalue weighted by molar-refractivity contribution is 6.05. The Morgan fingerprint density at radius 1 is 1.10 bits per heavy atom. The van der Waals surface area contributed by atoms with Crippen LogP contribution in [0.5, 0.6) is 0 Å². The van der Waals surface area contributed by atoms with Gasteiger partial charge in [-0.25, -0.2) is 0 Å². The summed E-state index contributed by atoms with van der Waals surface area (Å²) in [5.41, 5.74) is 6.74. The summed E-state index contributed by atoms with van der Waals surface area (Å²) < 4.78 is 0. The third-order valence-corrected chi connectivity index (χ3v) is 2.76. The maximum atomic E-state index is 11.9. The van der Waals surface area contributed by atoms with Gasteiger partial charge in [0, 0.05) is 23.0 Å². The van der Waals surface area contributed by atoms with Gasteiger partial charge in [-0.15, -0.1) is 0 Å². The van der Waals surface area contributed by atoms with Crippen LogP contribution in [0.2, 0.25) is 0 Å². The number of anilines is 1. The molecule has 1 aromatic carbocycles. The number of benzene rings is 1. The number of amides is 2. The molecule has 4 N–H and O–H groups in total. The lowest BCUT2D eigenvalue weighted by atomic mass is 10.2. The number of carbonyl (C=O) groups is 3. The Morgan fingerprint density at radius 2 is 1.75 bits per heavy atom. The molecule has 0 aliphatic carbocycles. The summed E-state index contributed by atoms with van der Waals surface area (Å²) in [6, 6.07) is 7.68. The van der Waals surface area contributed by atoms with Crippen molar-refractivity contribution >= 4 is 23.3 Å². The second-order valence-electron chi connectivity index (χ2n) is 4.25. The van der Waals surface area contributed by atoms with Crippen LogP contribution >= 0.6 is 0 Å². The van der Waals surface area contributed by atoms with Crippen molar-refractivity contribution in [1.29, 1.82) is 0 Å². The van der Waals surface area contributed by atoms with E-state index in [0.717, 1.165) is 0 Å². The fourth-order valence-corrected chi connectivity index (χ4v) is 1.64. The number of hydrogen-bond donors (Lipinski definition) is 3. The minimum absolute atomic E-state index is 0.119. The number of carbonyl (C=O) groups excluding carboxylic acids is 3. The molecule has 2 aromatic rings. The van der Waals surface area contributed by atoms with Crippen LogP contribution in [0, 0.1) is 0 Å². The van der Waals surface area contributed by atoms with Crippen molar-refractivity contribution in [2.24, 2.45) is 5.73 Å². The second kappa shape index (κ2) is 5.40. The molecule has 6 heteroatoms. The number of H-pyrrole nitrogens is 1. The fourth-order valence-electron chi connectivity index (χ4n) is 1.64. The summed E-state index contributed by atoms with van der Waals surface area (Å²) in [6.45, 7) is 1.42. The summed E-state index contributed by atoms with van der Waals surface area (Å²) in [4.78, 5) is 36.7. The van der Waals surface area contributed by atoms with E-state index in [4.69, 9.17) is 5.73 Å². The number of primary amides is 1. The predicted octanol–water partition coefficient (Wildman–Crippen LogP) is 1.57. The normalized spacial score (nSPS) is 10.1. The maximum absolute atomic E-state index is 11.9. The van der Waals surface area contributed by atoms with Crippen molar-refractivity contribution in [3.05, 3.63) is 53.3 Å². The summed E-state index contributed by atoms with van der Waals surface area (Å²) in [6.07, 6.45) is 1.48. The van der Waals surface area contributed by atoms with Gasteiger partial charge in [-0.2, -0.15) is 0 Å². The molecular weight excluding hydrogens is 258 g/mol. The van der Waals surface area contributed by atoms with E-state index < -0.39 is 5.91 Å². The van der Waals surface area contributed by atoms with E-state index in [1.165, 1.54) is 31.3 Å². The molecule has 0 fully saturated rings. The SMILES string of the molecule is CC(=O)c1c[nH]c(C(=O)Nc2ccc(C(N)=O)cc2)c1. The molecule has 102 valence electrons. The molecule has 6 nitrogen and oxygen atoms in total. The number of Topliss-reactive ketones (excluding diaryl/α,β-unsaturated/α-hetero) is 1. The van der Waals surface area contributed by atoms with E-state index in [1.807, 2.05) is 0 Å². The first kappa shape index (κ1) is 13.5. The molecule has 0 saturated heterocycles. The Labute approximate surface area is 115 Å². The topological polar surface area (TPSA) is 105 Å². The van der Waals surface area contributed by atoms with Crippen molar-refractivity contribution in [3.63, 3.8) is 0 Å². The van der Waals surface area contributed by atoms with Gasteiger partial charge in [0.05, 0.1) is 0 Å². The molecule has 0 atom stereocenters. The molecule has 0 bridgehead atoms. The van der Waals surface area contributed by atoms with Crippen LogP contribution in [0.3, 0.4) is 0 Å². The molecule has 0 unspecified atom stereocenters. The van der Waals surface area contributed by atoms with Crippen LogP contribution in [0.15, 0.2) is 36.5 Å². The summed E-state index contributed by atoms with van der Waals surface area (Å²) in [7, 11) is 0. The molecule has 1 aromatic heterocycles. The fraction of sp³-hybridized carbons (Fsp3) is 0.0714. The average molecular weight is 271 g/mol. The van der Waals surface area contributed by atoms with E-state index in [9.17, 15) is 14.4 Å². The number of nitrogens with two attached hydrogens (primary N) is 1. The molecule has 0 aliphatic heterocycles. The van der Waals surface area contributed by atoms with Gasteiger partial charge < -0.3 is 16.0 Å². The first-order valence-electron chi connectivity index (χ1n) is 5.88.